The lowest BCUT2D eigenvalue weighted by molar-refractivity contribution is -0.140. The maximum absolute atomic E-state index is 13.6. The number of piperidine rings is 1. The van der Waals surface area contributed by atoms with Gasteiger partial charge in [0.2, 0.25) is 11.8 Å². The highest BCUT2D eigenvalue weighted by Crippen LogP contribution is 2.44. The van der Waals surface area contributed by atoms with Crippen molar-refractivity contribution in [2.24, 2.45) is 5.92 Å². The van der Waals surface area contributed by atoms with E-state index >= 15 is 0 Å². The third-order valence-corrected chi connectivity index (χ3v) is 7.56. The first-order valence-electron chi connectivity index (χ1n) is 10.3. The molecule has 0 saturated carbocycles. The normalized spacial score (nSPS) is 29.0. The predicted molar refractivity (Wildman–Crippen MR) is 109 cm³/mol. The van der Waals surface area contributed by atoms with E-state index in [0.717, 1.165) is 25.7 Å². The molecule has 1 aromatic carbocycles. The second-order valence-corrected chi connectivity index (χ2v) is 9.40. The SMILES string of the molecule is Cc1cc(C2C[C@H]3CC[C@@H](C2)N3C(=O)C2CC(=O)N(c3nccs3)C2)ccc1F. The van der Waals surface area contributed by atoms with Crippen LogP contribution in [0.25, 0.3) is 0 Å². The van der Waals surface area contributed by atoms with Gasteiger partial charge < -0.3 is 4.90 Å². The van der Waals surface area contributed by atoms with Crippen molar-refractivity contribution >= 4 is 28.3 Å². The second kappa shape index (κ2) is 7.20. The van der Waals surface area contributed by atoms with Crippen molar-refractivity contribution in [2.75, 3.05) is 11.4 Å². The van der Waals surface area contributed by atoms with Gasteiger partial charge in [-0.2, -0.15) is 0 Å². The lowest BCUT2D eigenvalue weighted by Crippen LogP contribution is -2.49. The van der Waals surface area contributed by atoms with Crippen molar-refractivity contribution in [3.8, 4) is 0 Å². The molecule has 5 rings (SSSR count). The van der Waals surface area contributed by atoms with Gasteiger partial charge in [0, 0.05) is 36.6 Å². The van der Waals surface area contributed by atoms with E-state index in [9.17, 15) is 14.0 Å². The van der Waals surface area contributed by atoms with Gasteiger partial charge in [0.15, 0.2) is 5.13 Å². The number of amides is 2. The molecule has 2 bridgehead atoms. The van der Waals surface area contributed by atoms with Crippen molar-refractivity contribution in [1.82, 2.24) is 9.88 Å². The summed E-state index contributed by atoms with van der Waals surface area (Å²) in [5, 5.41) is 2.53. The Bertz CT molecular complexity index is 934. The second-order valence-electron chi connectivity index (χ2n) is 8.53. The highest BCUT2D eigenvalue weighted by molar-refractivity contribution is 7.13. The monoisotopic (exact) mass is 413 g/mol. The fourth-order valence-electron chi connectivity index (χ4n) is 5.35. The number of carbonyl (C=O) groups excluding carboxylic acids is 2. The maximum atomic E-state index is 13.6. The molecule has 1 aromatic heterocycles. The van der Waals surface area contributed by atoms with E-state index in [1.54, 1.807) is 24.1 Å². The van der Waals surface area contributed by atoms with Crippen LogP contribution < -0.4 is 4.90 Å². The molecule has 7 heteroatoms. The first-order chi connectivity index (χ1) is 14.0. The Balaban J connectivity index is 1.30. The van der Waals surface area contributed by atoms with Gasteiger partial charge in [-0.25, -0.2) is 9.37 Å². The van der Waals surface area contributed by atoms with Crippen LogP contribution in [0.1, 0.15) is 49.1 Å². The van der Waals surface area contributed by atoms with E-state index in [-0.39, 0.29) is 42.1 Å². The van der Waals surface area contributed by atoms with Crippen LogP contribution in [-0.4, -0.2) is 40.3 Å². The molecule has 0 N–H and O–H groups in total. The maximum Gasteiger partial charge on any atom is 0.229 e. The standard InChI is InChI=1S/C22H24FN3O2S/c1-13-8-14(2-5-19(13)23)15-9-17-3-4-18(10-15)26(17)21(28)16-11-20(27)25(12-16)22-24-6-7-29-22/h2,5-8,15-18H,3-4,9-12H2,1H3/t15?,16?,17-,18+. The van der Waals surface area contributed by atoms with Crippen molar-refractivity contribution in [1.29, 1.82) is 0 Å². The number of anilines is 1. The fourth-order valence-corrected chi connectivity index (χ4v) is 6.02. The summed E-state index contributed by atoms with van der Waals surface area (Å²) in [4.78, 5) is 33.7. The van der Waals surface area contributed by atoms with Crippen LogP contribution in [0, 0.1) is 18.7 Å². The minimum atomic E-state index is -0.279. The third kappa shape index (κ3) is 3.25. The molecule has 2 aromatic rings. The molecule has 3 aliphatic heterocycles. The Morgan fingerprint density at radius 1 is 1.24 bits per heavy atom. The Hall–Kier alpha value is -2.28. The molecule has 4 atom stereocenters. The first-order valence-corrected chi connectivity index (χ1v) is 11.2. The van der Waals surface area contributed by atoms with Gasteiger partial charge in [0.1, 0.15) is 5.82 Å². The number of hydrogen-bond acceptors (Lipinski definition) is 4. The van der Waals surface area contributed by atoms with Gasteiger partial charge in [-0.1, -0.05) is 12.1 Å². The van der Waals surface area contributed by atoms with Gasteiger partial charge >= 0.3 is 0 Å². The topological polar surface area (TPSA) is 53.5 Å². The number of benzene rings is 1. The molecule has 2 unspecified atom stereocenters. The van der Waals surface area contributed by atoms with E-state index in [1.807, 2.05) is 17.5 Å². The van der Waals surface area contributed by atoms with E-state index in [4.69, 9.17) is 0 Å². The summed E-state index contributed by atoms with van der Waals surface area (Å²) in [6.07, 6.45) is 5.84. The molecule has 3 saturated heterocycles. The zero-order chi connectivity index (χ0) is 20.1. The molecule has 3 aliphatic rings. The van der Waals surface area contributed by atoms with Gasteiger partial charge in [-0.05, 0) is 55.7 Å². The number of aromatic nitrogens is 1. The molecule has 0 spiro atoms. The van der Waals surface area contributed by atoms with Gasteiger partial charge in [-0.15, -0.1) is 11.3 Å². The largest absolute Gasteiger partial charge is 0.336 e. The smallest absolute Gasteiger partial charge is 0.229 e. The number of halogens is 1. The molecule has 4 heterocycles. The Morgan fingerprint density at radius 3 is 2.66 bits per heavy atom. The summed E-state index contributed by atoms with van der Waals surface area (Å²) in [5.41, 5.74) is 1.86. The van der Waals surface area contributed by atoms with E-state index in [1.165, 1.54) is 16.9 Å². The number of fused-ring (bicyclic) bond motifs is 2. The number of thiazole rings is 1. The summed E-state index contributed by atoms with van der Waals surface area (Å²) in [6, 6.07) is 5.85. The molecule has 0 aliphatic carbocycles. The first kappa shape index (κ1) is 18.7. The minimum absolute atomic E-state index is 0.0117. The van der Waals surface area contributed by atoms with Crippen molar-refractivity contribution in [2.45, 2.75) is 57.0 Å². The molecular weight excluding hydrogens is 389 g/mol. The van der Waals surface area contributed by atoms with Crippen LogP contribution in [0.2, 0.25) is 0 Å². The van der Waals surface area contributed by atoms with Gasteiger partial charge in [-0.3, -0.25) is 14.5 Å². The Labute approximate surface area is 173 Å². The number of hydrogen-bond donors (Lipinski definition) is 0. The van der Waals surface area contributed by atoms with Crippen LogP contribution in [-0.2, 0) is 9.59 Å². The van der Waals surface area contributed by atoms with E-state index in [2.05, 4.69) is 9.88 Å². The summed E-state index contributed by atoms with van der Waals surface area (Å²) < 4.78 is 13.6. The third-order valence-electron chi connectivity index (χ3n) is 6.77. The summed E-state index contributed by atoms with van der Waals surface area (Å²) in [6.45, 7) is 2.24. The molecule has 2 amide bonds. The van der Waals surface area contributed by atoms with Gasteiger partial charge in [0.25, 0.3) is 0 Å². The fraction of sp³-hybridized carbons (Fsp3) is 0.500. The molecule has 3 fully saturated rings. The van der Waals surface area contributed by atoms with Crippen LogP contribution in [0.3, 0.4) is 0 Å². The molecule has 0 radical (unpaired) electrons. The van der Waals surface area contributed by atoms with Crippen molar-refractivity contribution < 1.29 is 14.0 Å². The number of nitrogens with zero attached hydrogens (tertiary/aromatic N) is 3. The number of rotatable bonds is 3. The lowest BCUT2D eigenvalue weighted by Gasteiger charge is -2.40. The van der Waals surface area contributed by atoms with E-state index in [0.29, 0.717) is 23.2 Å². The highest BCUT2D eigenvalue weighted by atomic mass is 32.1. The number of aryl methyl sites for hydroxylation is 1. The molecule has 29 heavy (non-hydrogen) atoms. The Kier molecular flexibility index (Phi) is 4.65. The van der Waals surface area contributed by atoms with Crippen molar-refractivity contribution in [3.63, 3.8) is 0 Å². The van der Waals surface area contributed by atoms with Crippen LogP contribution >= 0.6 is 11.3 Å². The molecule has 5 nitrogen and oxygen atoms in total. The average Bonchev–Trinajstić information content (AvgIpc) is 3.42. The van der Waals surface area contributed by atoms with E-state index < -0.39 is 0 Å². The zero-order valence-corrected chi connectivity index (χ0v) is 17.2. The zero-order valence-electron chi connectivity index (χ0n) is 16.4. The predicted octanol–water partition coefficient (Wildman–Crippen LogP) is 3.88. The van der Waals surface area contributed by atoms with Crippen LogP contribution in [0.4, 0.5) is 9.52 Å². The van der Waals surface area contributed by atoms with Crippen LogP contribution in [0.5, 0.6) is 0 Å². The number of carbonyl (C=O) groups is 2. The highest BCUT2D eigenvalue weighted by Gasteiger charge is 2.47. The summed E-state index contributed by atoms with van der Waals surface area (Å²) >= 11 is 1.43. The van der Waals surface area contributed by atoms with Crippen LogP contribution in [0.15, 0.2) is 29.8 Å². The molecular formula is C22H24FN3O2S. The molecule has 152 valence electrons. The lowest BCUT2D eigenvalue weighted by atomic mass is 9.84. The summed E-state index contributed by atoms with van der Waals surface area (Å²) in [5.74, 6) is 0.0352. The quantitative estimate of drug-likeness (QED) is 0.767. The van der Waals surface area contributed by atoms with Gasteiger partial charge in [0.05, 0.1) is 5.92 Å². The van der Waals surface area contributed by atoms with Crippen molar-refractivity contribution in [3.05, 3.63) is 46.7 Å². The Morgan fingerprint density at radius 2 is 2.00 bits per heavy atom. The average molecular weight is 414 g/mol. The summed E-state index contributed by atoms with van der Waals surface area (Å²) in [7, 11) is 0. The minimum Gasteiger partial charge on any atom is -0.336 e.